The Morgan fingerprint density at radius 3 is 2.33 bits per heavy atom. The first-order valence-corrected chi connectivity index (χ1v) is 2.30. The second-order valence-electron chi connectivity index (χ2n) is 1.42. The van der Waals surface area contributed by atoms with E-state index in [1.807, 2.05) is 0 Å². The van der Waals surface area contributed by atoms with Gasteiger partial charge < -0.3 is 11.7 Å². The van der Waals surface area contributed by atoms with Crippen LogP contribution in [0.15, 0.2) is 12.2 Å². The third-order valence-electron chi connectivity index (χ3n) is 0.582. The molecule has 0 N–H and O–H groups in total. The fourth-order valence-electron chi connectivity index (χ4n) is 0.216. The SMILES string of the molecule is C=C(C)C(=O)OC[CH2-].[Li+]. The zero-order valence-electron chi connectivity index (χ0n) is 5.94. The predicted molar refractivity (Wildman–Crippen MR) is 31.1 cm³/mol. The summed E-state index contributed by atoms with van der Waals surface area (Å²) in [5.74, 6) is -0.375. The van der Waals surface area contributed by atoms with Gasteiger partial charge in [-0.3, -0.25) is 0 Å². The smallest absolute Gasteiger partial charge is 0.496 e. The van der Waals surface area contributed by atoms with Crippen LogP contribution in [0.5, 0.6) is 0 Å². The molecule has 0 aromatic carbocycles. The van der Waals surface area contributed by atoms with Crippen molar-refractivity contribution in [3.05, 3.63) is 19.1 Å². The molecule has 0 amide bonds. The van der Waals surface area contributed by atoms with Crippen molar-refractivity contribution in [1.29, 1.82) is 0 Å². The molecule has 0 aliphatic heterocycles. The van der Waals surface area contributed by atoms with Crippen molar-refractivity contribution in [1.82, 2.24) is 0 Å². The van der Waals surface area contributed by atoms with Crippen LogP contribution in [-0.4, -0.2) is 12.6 Å². The average molecular weight is 120 g/mol. The molecule has 0 saturated carbocycles. The van der Waals surface area contributed by atoms with Gasteiger partial charge in [0.25, 0.3) is 0 Å². The maximum Gasteiger partial charge on any atom is 1.00 e. The van der Waals surface area contributed by atoms with E-state index in [9.17, 15) is 4.79 Å². The summed E-state index contributed by atoms with van der Waals surface area (Å²) in [5, 5.41) is 0. The van der Waals surface area contributed by atoms with E-state index in [0.717, 1.165) is 0 Å². The van der Waals surface area contributed by atoms with E-state index < -0.39 is 0 Å². The predicted octanol–water partition coefficient (Wildman–Crippen LogP) is -2.06. The summed E-state index contributed by atoms with van der Waals surface area (Å²) < 4.78 is 4.45. The molecule has 0 saturated heterocycles. The second kappa shape index (κ2) is 5.94. The molecule has 0 radical (unpaired) electrons. The molecule has 9 heavy (non-hydrogen) atoms. The van der Waals surface area contributed by atoms with E-state index in [1.54, 1.807) is 6.92 Å². The molecular formula is C6H9LiO2. The Kier molecular flexibility index (Phi) is 7.64. The number of hydrogen-bond acceptors (Lipinski definition) is 2. The molecule has 46 valence electrons. The summed E-state index contributed by atoms with van der Waals surface area (Å²) in [6.07, 6.45) is 0. The molecule has 0 atom stereocenters. The summed E-state index contributed by atoms with van der Waals surface area (Å²) >= 11 is 0. The third-order valence-corrected chi connectivity index (χ3v) is 0.582. The molecule has 2 nitrogen and oxygen atoms in total. The summed E-state index contributed by atoms with van der Waals surface area (Å²) in [7, 11) is 0. The average Bonchev–Trinajstić information content (AvgIpc) is 1.67. The summed E-state index contributed by atoms with van der Waals surface area (Å²) in [6, 6.07) is 0. The van der Waals surface area contributed by atoms with Gasteiger partial charge in [0, 0.05) is 5.57 Å². The number of carbonyl (C=O) groups is 1. The fourth-order valence-corrected chi connectivity index (χ4v) is 0.216. The van der Waals surface area contributed by atoms with Crippen molar-refractivity contribution in [2.24, 2.45) is 0 Å². The van der Waals surface area contributed by atoms with Gasteiger partial charge in [0.2, 0.25) is 0 Å². The van der Waals surface area contributed by atoms with Crippen LogP contribution in [-0.2, 0) is 9.53 Å². The van der Waals surface area contributed by atoms with Gasteiger partial charge in [-0.05, 0) is 13.5 Å². The number of rotatable bonds is 2. The molecule has 0 unspecified atom stereocenters. The quantitative estimate of drug-likeness (QED) is 0.181. The minimum absolute atomic E-state index is 0. The van der Waals surface area contributed by atoms with Crippen LogP contribution >= 0.6 is 0 Å². The molecule has 3 heteroatoms. The first-order chi connectivity index (χ1) is 3.68. The van der Waals surface area contributed by atoms with Crippen molar-refractivity contribution < 1.29 is 28.4 Å². The van der Waals surface area contributed by atoms with Gasteiger partial charge in [0.1, 0.15) is 0 Å². The normalized spacial score (nSPS) is 7.33. The van der Waals surface area contributed by atoms with Crippen molar-refractivity contribution in [2.45, 2.75) is 6.92 Å². The van der Waals surface area contributed by atoms with E-state index >= 15 is 0 Å². The van der Waals surface area contributed by atoms with Gasteiger partial charge in [-0.1, -0.05) is 6.58 Å². The van der Waals surface area contributed by atoms with Crippen molar-refractivity contribution in [3.8, 4) is 0 Å². The van der Waals surface area contributed by atoms with Crippen LogP contribution in [0.4, 0.5) is 0 Å². The van der Waals surface area contributed by atoms with Crippen LogP contribution in [0.2, 0.25) is 0 Å². The molecule has 0 fully saturated rings. The minimum Gasteiger partial charge on any atom is -0.496 e. The molecule has 0 aromatic rings. The molecule has 0 aliphatic carbocycles. The first kappa shape index (κ1) is 11.6. The molecular weight excluding hydrogens is 111 g/mol. The van der Waals surface area contributed by atoms with Gasteiger partial charge in [-0.25, -0.2) is 4.79 Å². The fraction of sp³-hybridized carbons (Fsp3) is 0.333. The Balaban J connectivity index is 0. The van der Waals surface area contributed by atoms with Gasteiger partial charge in [0.15, 0.2) is 0 Å². The van der Waals surface area contributed by atoms with Gasteiger partial charge in [-0.2, -0.15) is 0 Å². The van der Waals surface area contributed by atoms with E-state index in [4.69, 9.17) is 0 Å². The van der Waals surface area contributed by atoms with Crippen LogP contribution in [0, 0.1) is 6.92 Å². The van der Waals surface area contributed by atoms with E-state index in [0.29, 0.717) is 5.57 Å². The molecule has 0 heterocycles. The summed E-state index contributed by atoms with van der Waals surface area (Å²) in [5.41, 5.74) is 0.411. The Bertz CT molecular complexity index is 110. The van der Waals surface area contributed by atoms with Crippen molar-refractivity contribution >= 4 is 5.97 Å². The Hall–Kier alpha value is -0.193. The number of esters is 1. The molecule has 0 aliphatic rings. The standard InChI is InChI=1S/C6H9O2.Li/c1-4-8-6(7)5(2)3;/h1-2,4H2,3H3;/q-1;+1. The number of carbonyl (C=O) groups excluding carboxylic acids is 1. The van der Waals surface area contributed by atoms with Crippen LogP contribution < -0.4 is 18.9 Å². The molecule has 0 rings (SSSR count). The van der Waals surface area contributed by atoms with Crippen molar-refractivity contribution in [3.63, 3.8) is 0 Å². The zero-order valence-corrected chi connectivity index (χ0v) is 5.94. The Morgan fingerprint density at radius 2 is 2.22 bits per heavy atom. The first-order valence-electron chi connectivity index (χ1n) is 2.30. The largest absolute Gasteiger partial charge is 1.00 e. The maximum absolute atomic E-state index is 10.4. The molecule has 0 aromatic heterocycles. The van der Waals surface area contributed by atoms with E-state index in [-0.39, 0.29) is 31.4 Å². The Labute approximate surface area is 67.4 Å². The summed E-state index contributed by atoms with van der Waals surface area (Å²) in [6.45, 7) is 8.46. The van der Waals surface area contributed by atoms with Gasteiger partial charge >= 0.3 is 24.8 Å². The number of hydrogen-bond donors (Lipinski definition) is 0. The van der Waals surface area contributed by atoms with Gasteiger partial charge in [0.05, 0.1) is 0 Å². The van der Waals surface area contributed by atoms with Crippen molar-refractivity contribution in [2.75, 3.05) is 6.61 Å². The minimum atomic E-state index is -0.375. The van der Waals surface area contributed by atoms with Gasteiger partial charge in [-0.15, -0.1) is 0 Å². The topological polar surface area (TPSA) is 26.3 Å². The second-order valence-corrected chi connectivity index (χ2v) is 1.42. The zero-order chi connectivity index (χ0) is 6.57. The van der Waals surface area contributed by atoms with Crippen LogP contribution in [0.1, 0.15) is 6.92 Å². The van der Waals surface area contributed by atoms with Crippen LogP contribution in [0.3, 0.4) is 0 Å². The number of ether oxygens (including phenoxy) is 1. The third kappa shape index (κ3) is 5.68. The molecule has 0 spiro atoms. The maximum atomic E-state index is 10.4. The van der Waals surface area contributed by atoms with E-state index in [1.165, 1.54) is 0 Å². The monoisotopic (exact) mass is 120 g/mol. The molecule has 0 bridgehead atoms. The van der Waals surface area contributed by atoms with Crippen LogP contribution in [0.25, 0.3) is 0 Å². The summed E-state index contributed by atoms with van der Waals surface area (Å²) in [4.78, 5) is 10.4. The van der Waals surface area contributed by atoms with E-state index in [2.05, 4.69) is 18.2 Å². The Morgan fingerprint density at radius 1 is 1.78 bits per heavy atom.